The lowest BCUT2D eigenvalue weighted by atomic mass is 10.2. The molecule has 9 heteroatoms. The molecule has 150 valence electrons. The second kappa shape index (κ2) is 8.63. The van der Waals surface area contributed by atoms with E-state index in [1.165, 1.54) is 18.2 Å². The van der Waals surface area contributed by atoms with E-state index in [9.17, 15) is 18.0 Å². The second-order valence-electron chi connectivity index (χ2n) is 6.70. The van der Waals surface area contributed by atoms with E-state index in [1.807, 2.05) is 17.5 Å². The van der Waals surface area contributed by atoms with Crippen molar-refractivity contribution in [3.8, 4) is 0 Å². The molecule has 0 saturated carbocycles. The van der Waals surface area contributed by atoms with Gasteiger partial charge in [-0.15, -0.1) is 11.3 Å². The molecule has 1 aromatic carbocycles. The van der Waals surface area contributed by atoms with Crippen molar-refractivity contribution in [2.24, 2.45) is 0 Å². The van der Waals surface area contributed by atoms with Gasteiger partial charge in [-0.25, -0.2) is 8.42 Å². The third-order valence-corrected chi connectivity index (χ3v) is 6.94. The Balaban J connectivity index is 1.66. The minimum Gasteiger partial charge on any atom is -0.341 e. The summed E-state index contributed by atoms with van der Waals surface area (Å²) in [6.45, 7) is 2.01. The Hall–Kier alpha value is -1.90. The lowest BCUT2D eigenvalue weighted by molar-refractivity contribution is -0.130. The van der Waals surface area contributed by atoms with Crippen molar-refractivity contribution >= 4 is 44.6 Å². The zero-order chi connectivity index (χ0) is 20.3. The van der Waals surface area contributed by atoms with Crippen LogP contribution < -0.4 is 0 Å². The van der Waals surface area contributed by atoms with Crippen LogP contribution in [0.2, 0.25) is 5.02 Å². The van der Waals surface area contributed by atoms with E-state index in [-0.39, 0.29) is 27.3 Å². The Kier molecular flexibility index (Phi) is 6.42. The Morgan fingerprint density at radius 2 is 1.82 bits per heavy atom. The fraction of sp³-hybridized carbons (Fsp3) is 0.368. The van der Waals surface area contributed by atoms with Crippen LogP contribution in [0.25, 0.3) is 0 Å². The van der Waals surface area contributed by atoms with Crippen LogP contribution in [-0.4, -0.2) is 62.5 Å². The molecule has 2 amide bonds. The summed E-state index contributed by atoms with van der Waals surface area (Å²) in [5.74, 6) is -0.190. The highest BCUT2D eigenvalue weighted by atomic mass is 35.5. The fourth-order valence-electron chi connectivity index (χ4n) is 3.11. The first-order valence-electron chi connectivity index (χ1n) is 8.85. The molecule has 0 N–H and O–H groups in total. The number of amides is 2. The van der Waals surface area contributed by atoms with Crippen molar-refractivity contribution in [1.82, 2.24) is 9.80 Å². The van der Waals surface area contributed by atoms with Crippen LogP contribution in [0.3, 0.4) is 0 Å². The van der Waals surface area contributed by atoms with Gasteiger partial charge in [0.15, 0.2) is 9.84 Å². The maximum Gasteiger partial charge on any atom is 0.255 e. The minimum absolute atomic E-state index is 0.0623. The van der Waals surface area contributed by atoms with Crippen LogP contribution in [0, 0.1) is 0 Å². The van der Waals surface area contributed by atoms with Crippen molar-refractivity contribution in [3.63, 3.8) is 0 Å². The number of rotatable bonds is 4. The molecule has 2 heterocycles. The quantitative estimate of drug-likeness (QED) is 0.732. The lowest BCUT2D eigenvalue weighted by Crippen LogP contribution is -2.38. The maximum absolute atomic E-state index is 12.9. The van der Waals surface area contributed by atoms with Gasteiger partial charge in [-0.1, -0.05) is 17.7 Å². The molecular formula is C19H21ClN2O4S2. The topological polar surface area (TPSA) is 74.8 Å². The highest BCUT2D eigenvalue weighted by Crippen LogP contribution is 2.23. The van der Waals surface area contributed by atoms with Crippen molar-refractivity contribution in [2.75, 3.05) is 32.4 Å². The smallest absolute Gasteiger partial charge is 0.255 e. The van der Waals surface area contributed by atoms with Crippen LogP contribution in [0.1, 0.15) is 21.7 Å². The first kappa shape index (κ1) is 20.8. The first-order valence-corrected chi connectivity index (χ1v) is 12.0. The summed E-state index contributed by atoms with van der Waals surface area (Å²) >= 11 is 7.73. The summed E-state index contributed by atoms with van der Waals surface area (Å²) in [4.78, 5) is 29.9. The van der Waals surface area contributed by atoms with Crippen molar-refractivity contribution in [2.45, 2.75) is 17.7 Å². The Bertz CT molecular complexity index is 974. The summed E-state index contributed by atoms with van der Waals surface area (Å²) in [5.41, 5.74) is 0.271. The van der Waals surface area contributed by atoms with Crippen LogP contribution in [-0.2, 0) is 21.1 Å². The molecule has 0 radical (unpaired) electrons. The summed E-state index contributed by atoms with van der Waals surface area (Å²) in [6.07, 6.45) is 2.15. The number of halogens is 1. The Morgan fingerprint density at radius 1 is 1.11 bits per heavy atom. The van der Waals surface area contributed by atoms with E-state index in [4.69, 9.17) is 11.6 Å². The third-order valence-electron chi connectivity index (χ3n) is 4.64. The van der Waals surface area contributed by atoms with Crippen LogP contribution in [0.4, 0.5) is 0 Å². The van der Waals surface area contributed by atoms with Gasteiger partial charge in [0.2, 0.25) is 5.91 Å². The Labute approximate surface area is 173 Å². The number of nitrogens with zero attached hydrogens (tertiary/aromatic N) is 2. The molecule has 1 saturated heterocycles. The molecule has 1 aliphatic heterocycles. The van der Waals surface area contributed by atoms with Crippen molar-refractivity contribution < 1.29 is 18.0 Å². The van der Waals surface area contributed by atoms with Crippen LogP contribution in [0.15, 0.2) is 40.6 Å². The number of benzene rings is 1. The van der Waals surface area contributed by atoms with Gasteiger partial charge >= 0.3 is 0 Å². The molecule has 2 aromatic rings. The molecule has 1 aliphatic rings. The highest BCUT2D eigenvalue weighted by Gasteiger charge is 2.24. The molecule has 0 spiro atoms. The number of hydrogen-bond acceptors (Lipinski definition) is 5. The van der Waals surface area contributed by atoms with E-state index in [0.29, 0.717) is 39.0 Å². The van der Waals surface area contributed by atoms with Gasteiger partial charge in [0.1, 0.15) is 0 Å². The van der Waals surface area contributed by atoms with Crippen LogP contribution >= 0.6 is 22.9 Å². The number of sulfone groups is 1. The van der Waals surface area contributed by atoms with Gasteiger partial charge in [-0.05, 0) is 36.1 Å². The van der Waals surface area contributed by atoms with Gasteiger partial charge < -0.3 is 9.80 Å². The van der Waals surface area contributed by atoms with Gasteiger partial charge in [0, 0.05) is 37.3 Å². The number of carbonyl (C=O) groups is 2. The summed E-state index contributed by atoms with van der Waals surface area (Å²) in [5, 5.41) is 2.06. The molecule has 1 fully saturated rings. The number of thiophene rings is 1. The minimum atomic E-state index is -3.39. The van der Waals surface area contributed by atoms with E-state index in [2.05, 4.69) is 0 Å². The van der Waals surface area contributed by atoms with E-state index in [0.717, 1.165) is 11.1 Å². The van der Waals surface area contributed by atoms with Gasteiger partial charge in [-0.2, -0.15) is 0 Å². The molecule has 0 aliphatic carbocycles. The normalized spacial score (nSPS) is 15.4. The molecule has 0 atom stereocenters. The molecular weight excluding hydrogens is 420 g/mol. The third kappa shape index (κ3) is 4.92. The second-order valence-corrected chi connectivity index (χ2v) is 10.2. The van der Waals surface area contributed by atoms with Gasteiger partial charge in [-0.3, -0.25) is 9.59 Å². The van der Waals surface area contributed by atoms with E-state index >= 15 is 0 Å². The summed E-state index contributed by atoms with van der Waals surface area (Å²) in [6, 6.07) is 8.01. The van der Waals surface area contributed by atoms with Crippen LogP contribution in [0.5, 0.6) is 0 Å². The Morgan fingerprint density at radius 3 is 2.46 bits per heavy atom. The zero-order valence-electron chi connectivity index (χ0n) is 15.4. The van der Waals surface area contributed by atoms with Crippen molar-refractivity contribution in [1.29, 1.82) is 0 Å². The van der Waals surface area contributed by atoms with Crippen molar-refractivity contribution in [3.05, 3.63) is 51.2 Å². The summed E-state index contributed by atoms with van der Waals surface area (Å²) < 4.78 is 23.3. The van der Waals surface area contributed by atoms with Gasteiger partial charge in [0.05, 0.1) is 21.9 Å². The zero-order valence-corrected chi connectivity index (χ0v) is 17.8. The monoisotopic (exact) mass is 440 g/mol. The largest absolute Gasteiger partial charge is 0.341 e. The molecule has 3 rings (SSSR count). The maximum atomic E-state index is 12.9. The molecule has 28 heavy (non-hydrogen) atoms. The van der Waals surface area contributed by atoms with E-state index in [1.54, 1.807) is 21.1 Å². The van der Waals surface area contributed by atoms with E-state index < -0.39 is 9.84 Å². The predicted octanol–water partition coefficient (Wildman–Crippen LogP) is 2.72. The lowest BCUT2D eigenvalue weighted by Gasteiger charge is -2.22. The number of hydrogen-bond donors (Lipinski definition) is 0. The average molecular weight is 441 g/mol. The standard InChI is InChI=1S/C19H21ClN2O4S2/c1-28(25,26)15-5-6-16(17(20)13-15)19(24)22-8-3-7-21(9-10-22)18(23)12-14-4-2-11-27-14/h2,4-6,11,13H,3,7-10,12H2,1H3. The molecule has 0 unspecified atom stereocenters. The highest BCUT2D eigenvalue weighted by molar-refractivity contribution is 7.90. The fourth-order valence-corrected chi connectivity index (χ4v) is 4.78. The first-order chi connectivity index (χ1) is 13.3. The SMILES string of the molecule is CS(=O)(=O)c1ccc(C(=O)N2CCCN(C(=O)Cc3cccs3)CC2)c(Cl)c1. The van der Waals surface area contributed by atoms with Gasteiger partial charge in [0.25, 0.3) is 5.91 Å². The molecule has 6 nitrogen and oxygen atoms in total. The molecule has 0 bridgehead atoms. The number of carbonyl (C=O) groups excluding carboxylic acids is 2. The predicted molar refractivity (Wildman–Crippen MR) is 110 cm³/mol. The molecule has 1 aromatic heterocycles. The summed E-state index contributed by atoms with van der Waals surface area (Å²) in [7, 11) is -3.39. The average Bonchev–Trinajstić information content (AvgIpc) is 3.01.